The molecule has 0 saturated heterocycles. The largest absolute Gasteiger partial charge is 0.463 e. The fourth-order valence-corrected chi connectivity index (χ4v) is 4.61. The van der Waals surface area contributed by atoms with E-state index in [1.54, 1.807) is 0 Å². The van der Waals surface area contributed by atoms with Gasteiger partial charge in [0.25, 0.3) is 0 Å². The number of carbonyl (C=O) groups is 2. The van der Waals surface area contributed by atoms with Gasteiger partial charge in [0.05, 0.1) is 0 Å². The topological polar surface area (TPSA) is 72.8 Å². The quantitative estimate of drug-likeness (QED) is 0.0776. The number of hydrogen-bond donors (Lipinski definition) is 1. The fraction of sp³-hybridized carbons (Fsp3) is 0.938. The highest BCUT2D eigenvalue weighted by molar-refractivity contribution is 5.69. The van der Waals surface area contributed by atoms with E-state index in [0.717, 1.165) is 32.1 Å². The van der Waals surface area contributed by atoms with Crippen molar-refractivity contribution in [1.29, 1.82) is 0 Å². The van der Waals surface area contributed by atoms with E-state index >= 15 is 0 Å². The highest BCUT2D eigenvalue weighted by Gasteiger charge is 2.12. The van der Waals surface area contributed by atoms with Gasteiger partial charge in [0.1, 0.15) is 19.3 Å². The summed E-state index contributed by atoms with van der Waals surface area (Å²) in [5.41, 5.74) is 0. The van der Waals surface area contributed by atoms with Gasteiger partial charge in [-0.15, -0.1) is 0 Å². The lowest BCUT2D eigenvalue weighted by atomic mass is 10.0. The van der Waals surface area contributed by atoms with Crippen LogP contribution in [0.15, 0.2) is 0 Å². The van der Waals surface area contributed by atoms with Crippen molar-refractivity contribution in [3.63, 3.8) is 0 Å². The summed E-state index contributed by atoms with van der Waals surface area (Å²) in [4.78, 5) is 23.6. The third kappa shape index (κ3) is 29.3. The molecule has 0 amide bonds. The van der Waals surface area contributed by atoms with Crippen LogP contribution in [0, 0.1) is 0 Å². The van der Waals surface area contributed by atoms with Crippen LogP contribution in [-0.4, -0.2) is 36.4 Å². The minimum atomic E-state index is -0.951. The minimum Gasteiger partial charge on any atom is -0.463 e. The molecular formula is C32H62O5. The Morgan fingerprint density at radius 3 is 0.973 bits per heavy atom. The first-order chi connectivity index (χ1) is 18.1. The Hall–Kier alpha value is -1.10. The molecule has 0 heterocycles. The number of unbranched alkanes of at least 4 members (excludes halogenated alkanes) is 21. The molecule has 5 heteroatoms. The second-order valence-electron chi connectivity index (χ2n) is 10.9. The Kier molecular flexibility index (Phi) is 28.6. The molecule has 0 aliphatic heterocycles. The van der Waals surface area contributed by atoms with E-state index in [-0.39, 0.29) is 25.2 Å². The van der Waals surface area contributed by atoms with Crippen LogP contribution >= 0.6 is 0 Å². The highest BCUT2D eigenvalue weighted by atomic mass is 16.6. The summed E-state index contributed by atoms with van der Waals surface area (Å²) >= 11 is 0. The molecule has 37 heavy (non-hydrogen) atoms. The Morgan fingerprint density at radius 2 is 0.703 bits per heavy atom. The first-order valence-electron chi connectivity index (χ1n) is 16.1. The van der Waals surface area contributed by atoms with Crippen LogP contribution in [0.2, 0.25) is 0 Å². The van der Waals surface area contributed by atoms with Gasteiger partial charge < -0.3 is 14.6 Å². The second kappa shape index (κ2) is 29.5. The monoisotopic (exact) mass is 526 g/mol. The molecule has 0 rings (SSSR count). The van der Waals surface area contributed by atoms with Gasteiger partial charge in [0.2, 0.25) is 0 Å². The Morgan fingerprint density at radius 1 is 0.459 bits per heavy atom. The van der Waals surface area contributed by atoms with Gasteiger partial charge in [-0.3, -0.25) is 9.59 Å². The standard InChI is InChI=1S/C32H62O5/c1-3-5-7-9-11-12-13-14-15-16-17-18-19-21-23-25-27-32(35)37-29-30(33)28-36-31(34)26-24-22-20-10-8-6-4-2/h30,33H,3-29H2,1-2H3/t30-/m0/s1. The zero-order valence-corrected chi connectivity index (χ0v) is 24.7. The van der Waals surface area contributed by atoms with Crippen molar-refractivity contribution in [2.24, 2.45) is 0 Å². The summed E-state index contributed by atoms with van der Waals surface area (Å²) in [7, 11) is 0. The van der Waals surface area contributed by atoms with Gasteiger partial charge in [0, 0.05) is 12.8 Å². The predicted octanol–water partition coefficient (Wildman–Crippen LogP) is 9.23. The molecule has 220 valence electrons. The number of aliphatic hydroxyl groups is 1. The number of esters is 2. The summed E-state index contributed by atoms with van der Waals surface area (Å²) in [5.74, 6) is -0.564. The lowest BCUT2D eigenvalue weighted by Crippen LogP contribution is -2.25. The van der Waals surface area contributed by atoms with E-state index in [4.69, 9.17) is 9.47 Å². The van der Waals surface area contributed by atoms with Crippen LogP contribution in [0.25, 0.3) is 0 Å². The third-order valence-corrected chi connectivity index (χ3v) is 7.09. The average Bonchev–Trinajstić information content (AvgIpc) is 2.90. The summed E-state index contributed by atoms with van der Waals surface area (Å²) in [6.07, 6.45) is 28.7. The van der Waals surface area contributed by atoms with Gasteiger partial charge in [-0.1, -0.05) is 149 Å². The molecule has 0 aromatic carbocycles. The molecule has 0 aliphatic rings. The van der Waals surface area contributed by atoms with Crippen molar-refractivity contribution in [2.75, 3.05) is 13.2 Å². The first kappa shape index (κ1) is 35.9. The van der Waals surface area contributed by atoms with E-state index in [1.807, 2.05) is 0 Å². The summed E-state index contributed by atoms with van der Waals surface area (Å²) in [6.45, 7) is 4.25. The average molecular weight is 527 g/mol. The number of rotatable bonds is 29. The maximum absolute atomic E-state index is 11.9. The molecular weight excluding hydrogens is 464 g/mol. The van der Waals surface area contributed by atoms with Crippen molar-refractivity contribution in [3.8, 4) is 0 Å². The summed E-state index contributed by atoms with van der Waals surface area (Å²) < 4.78 is 10.2. The predicted molar refractivity (Wildman–Crippen MR) is 155 cm³/mol. The van der Waals surface area contributed by atoms with E-state index in [0.29, 0.717) is 12.8 Å². The van der Waals surface area contributed by atoms with Crippen molar-refractivity contribution in [3.05, 3.63) is 0 Å². The van der Waals surface area contributed by atoms with Crippen molar-refractivity contribution in [1.82, 2.24) is 0 Å². The Balaban J connectivity index is 3.37. The molecule has 0 aromatic heterocycles. The van der Waals surface area contributed by atoms with Crippen LogP contribution in [0.1, 0.15) is 174 Å². The molecule has 0 spiro atoms. The highest BCUT2D eigenvalue weighted by Crippen LogP contribution is 2.14. The molecule has 5 nitrogen and oxygen atoms in total. The summed E-state index contributed by atoms with van der Waals surface area (Å²) in [5, 5.41) is 9.90. The van der Waals surface area contributed by atoms with Gasteiger partial charge >= 0.3 is 11.9 Å². The fourth-order valence-electron chi connectivity index (χ4n) is 4.61. The first-order valence-corrected chi connectivity index (χ1v) is 16.1. The number of hydrogen-bond acceptors (Lipinski definition) is 5. The second-order valence-corrected chi connectivity index (χ2v) is 10.9. The van der Waals surface area contributed by atoms with Crippen molar-refractivity contribution in [2.45, 2.75) is 180 Å². The molecule has 0 bridgehead atoms. The van der Waals surface area contributed by atoms with Gasteiger partial charge in [-0.05, 0) is 12.8 Å². The Labute approximate surface area is 229 Å². The molecule has 0 unspecified atom stereocenters. The maximum atomic E-state index is 11.9. The van der Waals surface area contributed by atoms with Crippen LogP contribution in [0.5, 0.6) is 0 Å². The Bertz CT molecular complexity index is 494. The van der Waals surface area contributed by atoms with Crippen LogP contribution in [0.3, 0.4) is 0 Å². The number of carbonyl (C=O) groups excluding carboxylic acids is 2. The van der Waals surface area contributed by atoms with Crippen molar-refractivity contribution >= 4 is 11.9 Å². The minimum absolute atomic E-state index is 0.109. The van der Waals surface area contributed by atoms with Crippen molar-refractivity contribution < 1.29 is 24.2 Å². The van der Waals surface area contributed by atoms with E-state index in [2.05, 4.69) is 13.8 Å². The smallest absolute Gasteiger partial charge is 0.305 e. The normalized spacial score (nSPS) is 12.0. The van der Waals surface area contributed by atoms with Gasteiger partial charge in [-0.25, -0.2) is 0 Å². The van der Waals surface area contributed by atoms with E-state index < -0.39 is 6.10 Å². The van der Waals surface area contributed by atoms with Gasteiger partial charge in [0.15, 0.2) is 0 Å². The molecule has 0 radical (unpaired) electrons. The zero-order chi connectivity index (χ0) is 27.2. The lowest BCUT2D eigenvalue weighted by Gasteiger charge is -2.12. The molecule has 0 fully saturated rings. The number of ether oxygens (including phenoxy) is 2. The molecule has 1 N–H and O–H groups in total. The lowest BCUT2D eigenvalue weighted by molar-refractivity contribution is -0.152. The van der Waals surface area contributed by atoms with Crippen LogP contribution in [-0.2, 0) is 19.1 Å². The molecule has 0 saturated carbocycles. The van der Waals surface area contributed by atoms with Gasteiger partial charge in [-0.2, -0.15) is 0 Å². The molecule has 0 aromatic rings. The SMILES string of the molecule is CCCCCCCCCCCCCCCCCCC(=O)OC[C@@H](O)COC(=O)CCCCCCCCC. The molecule has 1 atom stereocenters. The van der Waals surface area contributed by atoms with E-state index in [9.17, 15) is 14.7 Å². The summed E-state index contributed by atoms with van der Waals surface area (Å²) in [6, 6.07) is 0. The third-order valence-electron chi connectivity index (χ3n) is 7.09. The van der Waals surface area contributed by atoms with Crippen LogP contribution in [0.4, 0.5) is 0 Å². The van der Waals surface area contributed by atoms with Crippen LogP contribution < -0.4 is 0 Å². The maximum Gasteiger partial charge on any atom is 0.305 e. The van der Waals surface area contributed by atoms with E-state index in [1.165, 1.54) is 116 Å². The number of aliphatic hydroxyl groups excluding tert-OH is 1. The molecule has 0 aliphatic carbocycles. The zero-order valence-electron chi connectivity index (χ0n) is 24.7.